The molecule has 216 valence electrons. The van der Waals surface area contributed by atoms with E-state index in [9.17, 15) is 18.0 Å². The number of fused-ring (bicyclic) bond motifs is 1. The molecule has 0 atom stereocenters. The zero-order chi connectivity index (χ0) is 28.7. The molecule has 0 radical (unpaired) electrons. The summed E-state index contributed by atoms with van der Waals surface area (Å²) in [4.78, 5) is 27.8. The van der Waals surface area contributed by atoms with Crippen molar-refractivity contribution in [1.29, 1.82) is 0 Å². The highest BCUT2D eigenvalue weighted by atomic mass is 32.2. The number of carbonyl (C=O) groups is 2. The number of hydrogen-bond donors (Lipinski definition) is 0. The van der Waals surface area contributed by atoms with Crippen LogP contribution in [0.3, 0.4) is 0 Å². The third-order valence-corrected chi connectivity index (χ3v) is 9.16. The van der Waals surface area contributed by atoms with Crippen LogP contribution in [-0.2, 0) is 37.4 Å². The molecule has 2 aliphatic heterocycles. The molecule has 0 N–H and O–H groups in total. The highest BCUT2D eigenvalue weighted by molar-refractivity contribution is 7.89. The number of ether oxygens (including phenoxy) is 3. The zero-order valence-electron chi connectivity index (χ0n) is 22.8. The van der Waals surface area contributed by atoms with Gasteiger partial charge in [0.05, 0.1) is 24.0 Å². The normalized spacial score (nSPS) is 16.0. The molecular weight excluding hydrogens is 544 g/mol. The maximum atomic E-state index is 13.3. The van der Waals surface area contributed by atoms with Gasteiger partial charge in [-0.15, -0.1) is 0 Å². The first kappa shape index (κ1) is 28.6. The van der Waals surface area contributed by atoms with Crippen LogP contribution in [0.4, 0.5) is 0 Å². The second-order valence-electron chi connectivity index (χ2n) is 10.2. The highest BCUT2D eigenvalue weighted by Gasteiger charge is 2.34. The van der Waals surface area contributed by atoms with Crippen LogP contribution in [0.15, 0.2) is 83.8 Å². The molecular formula is C31H34N2O7S. The molecule has 3 aromatic carbocycles. The highest BCUT2D eigenvalue weighted by Crippen LogP contribution is 2.34. The van der Waals surface area contributed by atoms with Gasteiger partial charge >= 0.3 is 5.97 Å². The molecule has 3 aromatic rings. The lowest BCUT2D eigenvalue weighted by atomic mass is 9.98. The van der Waals surface area contributed by atoms with E-state index in [1.54, 1.807) is 11.0 Å². The number of benzene rings is 3. The lowest BCUT2D eigenvalue weighted by Gasteiger charge is -2.30. The fraction of sp³-hybridized carbons (Fsp3) is 0.355. The van der Waals surface area contributed by atoms with E-state index in [-0.39, 0.29) is 30.5 Å². The lowest BCUT2D eigenvalue weighted by molar-refractivity contribution is -0.157. The van der Waals surface area contributed by atoms with Gasteiger partial charge in [-0.1, -0.05) is 60.7 Å². The van der Waals surface area contributed by atoms with Crippen molar-refractivity contribution in [1.82, 2.24) is 9.21 Å². The predicted molar refractivity (Wildman–Crippen MR) is 152 cm³/mol. The summed E-state index contributed by atoms with van der Waals surface area (Å²) in [5.74, 6) is -0.301. The monoisotopic (exact) mass is 578 g/mol. The minimum Gasteiger partial charge on any atom is -0.490 e. The van der Waals surface area contributed by atoms with Gasteiger partial charge in [0, 0.05) is 38.7 Å². The van der Waals surface area contributed by atoms with Crippen molar-refractivity contribution in [3.8, 4) is 11.5 Å². The van der Waals surface area contributed by atoms with Crippen molar-refractivity contribution in [2.24, 2.45) is 5.92 Å². The average Bonchev–Trinajstić information content (AvgIpc) is 3.25. The number of carbonyl (C=O) groups excluding carboxylic acids is 2. The van der Waals surface area contributed by atoms with Gasteiger partial charge in [0.2, 0.25) is 10.0 Å². The topological polar surface area (TPSA) is 102 Å². The summed E-state index contributed by atoms with van der Waals surface area (Å²) in [6, 6.07) is 23.9. The van der Waals surface area contributed by atoms with E-state index in [1.807, 2.05) is 60.7 Å². The summed E-state index contributed by atoms with van der Waals surface area (Å²) in [5, 5.41) is 0. The van der Waals surface area contributed by atoms with Crippen LogP contribution in [0.25, 0.3) is 0 Å². The number of amides is 1. The van der Waals surface area contributed by atoms with Gasteiger partial charge in [-0.2, -0.15) is 4.31 Å². The Kier molecular flexibility index (Phi) is 9.21. The molecule has 2 aliphatic rings. The van der Waals surface area contributed by atoms with Crippen LogP contribution in [0.5, 0.6) is 11.5 Å². The number of piperidine rings is 1. The summed E-state index contributed by atoms with van der Waals surface area (Å²) in [7, 11) is -3.77. The van der Waals surface area contributed by atoms with Crippen LogP contribution < -0.4 is 9.47 Å². The molecule has 2 heterocycles. The molecule has 41 heavy (non-hydrogen) atoms. The Balaban J connectivity index is 1.16. The third-order valence-electron chi connectivity index (χ3n) is 7.27. The Morgan fingerprint density at radius 1 is 0.829 bits per heavy atom. The van der Waals surface area contributed by atoms with E-state index >= 15 is 0 Å². The quantitative estimate of drug-likeness (QED) is 0.354. The summed E-state index contributed by atoms with van der Waals surface area (Å²) in [6.45, 7) is 1.76. The van der Waals surface area contributed by atoms with Crippen LogP contribution in [0, 0.1) is 5.92 Å². The molecule has 10 heteroatoms. The molecule has 0 unspecified atom stereocenters. The Bertz CT molecular complexity index is 1400. The van der Waals surface area contributed by atoms with Crippen LogP contribution in [-0.4, -0.2) is 62.4 Å². The van der Waals surface area contributed by atoms with Crippen LogP contribution >= 0.6 is 0 Å². The first-order chi connectivity index (χ1) is 19.9. The molecule has 0 aromatic heterocycles. The molecule has 5 rings (SSSR count). The molecule has 0 saturated carbocycles. The van der Waals surface area contributed by atoms with E-state index in [4.69, 9.17) is 14.2 Å². The minimum atomic E-state index is -3.77. The molecule has 0 spiro atoms. The maximum Gasteiger partial charge on any atom is 0.309 e. The van der Waals surface area contributed by atoms with Crippen molar-refractivity contribution in [2.75, 3.05) is 32.9 Å². The van der Waals surface area contributed by atoms with Crippen molar-refractivity contribution >= 4 is 21.9 Å². The minimum absolute atomic E-state index is 0.130. The molecule has 1 fully saturated rings. The van der Waals surface area contributed by atoms with E-state index < -0.39 is 21.9 Å². The van der Waals surface area contributed by atoms with Crippen molar-refractivity contribution in [3.05, 3.63) is 90.0 Å². The van der Waals surface area contributed by atoms with Gasteiger partial charge in [0.15, 0.2) is 18.1 Å². The Labute approximate surface area is 240 Å². The first-order valence-electron chi connectivity index (χ1n) is 13.8. The maximum absolute atomic E-state index is 13.3. The summed E-state index contributed by atoms with van der Waals surface area (Å²) >= 11 is 0. The second kappa shape index (κ2) is 13.2. The Hall–Kier alpha value is -3.89. The lowest BCUT2D eigenvalue weighted by Crippen LogP contribution is -2.41. The summed E-state index contributed by atoms with van der Waals surface area (Å²) in [6.07, 6.45) is 1.35. The van der Waals surface area contributed by atoms with Gasteiger partial charge in [-0.05, 0) is 36.1 Å². The first-order valence-corrected chi connectivity index (χ1v) is 15.3. The summed E-state index contributed by atoms with van der Waals surface area (Å²) in [5.41, 5.74) is 1.95. The fourth-order valence-electron chi connectivity index (χ4n) is 4.97. The number of hydrogen-bond acceptors (Lipinski definition) is 7. The number of sulfonamides is 1. The summed E-state index contributed by atoms with van der Waals surface area (Å²) < 4.78 is 44.7. The molecule has 1 amide bonds. The van der Waals surface area contributed by atoms with Gasteiger partial charge < -0.3 is 19.1 Å². The smallest absolute Gasteiger partial charge is 0.309 e. The Morgan fingerprint density at radius 3 is 2.02 bits per heavy atom. The molecule has 0 bridgehead atoms. The predicted octanol–water partition coefficient (Wildman–Crippen LogP) is 4.02. The van der Waals surface area contributed by atoms with E-state index in [1.165, 1.54) is 16.4 Å². The average molecular weight is 579 g/mol. The zero-order valence-corrected chi connectivity index (χ0v) is 23.6. The molecule has 9 nitrogen and oxygen atoms in total. The van der Waals surface area contributed by atoms with E-state index in [0.29, 0.717) is 50.6 Å². The van der Waals surface area contributed by atoms with Gasteiger partial charge in [0.1, 0.15) is 0 Å². The Morgan fingerprint density at radius 2 is 1.41 bits per heavy atom. The molecule has 0 aliphatic carbocycles. The van der Waals surface area contributed by atoms with Crippen molar-refractivity contribution in [3.63, 3.8) is 0 Å². The third kappa shape index (κ3) is 7.25. The number of nitrogens with zero attached hydrogens (tertiary/aromatic N) is 2. The largest absolute Gasteiger partial charge is 0.490 e. The van der Waals surface area contributed by atoms with Gasteiger partial charge in [0.25, 0.3) is 5.91 Å². The van der Waals surface area contributed by atoms with E-state index in [2.05, 4.69) is 0 Å². The SMILES string of the molecule is O=C(OCC(=O)N(Cc1ccccc1)Cc1ccccc1)C1CCN(S(=O)(=O)c2ccc3c(c2)OCCCO3)CC1. The number of rotatable bonds is 9. The second-order valence-corrected chi connectivity index (χ2v) is 12.1. The standard InChI is InChI=1S/C31H34N2O7S/c34-30(32(21-24-8-3-1-4-9-24)22-25-10-5-2-6-11-25)23-40-31(35)26-14-16-33(17-15-26)41(36,37)27-12-13-28-29(20-27)39-19-7-18-38-28/h1-6,8-13,20,26H,7,14-19,21-23H2. The van der Waals surface area contributed by atoms with Crippen molar-refractivity contribution in [2.45, 2.75) is 37.2 Å². The van der Waals surface area contributed by atoms with E-state index in [0.717, 1.165) is 17.5 Å². The molecule has 1 saturated heterocycles. The van der Waals surface area contributed by atoms with Gasteiger partial charge in [-0.25, -0.2) is 8.42 Å². The van der Waals surface area contributed by atoms with Crippen molar-refractivity contribution < 1.29 is 32.2 Å². The van der Waals surface area contributed by atoms with Crippen LogP contribution in [0.2, 0.25) is 0 Å². The van der Waals surface area contributed by atoms with Crippen LogP contribution in [0.1, 0.15) is 30.4 Å². The van der Waals surface area contributed by atoms with Gasteiger partial charge in [-0.3, -0.25) is 9.59 Å². The number of esters is 1. The fourth-order valence-corrected chi connectivity index (χ4v) is 6.45.